The zero-order chi connectivity index (χ0) is 17.6. The van der Waals surface area contributed by atoms with E-state index in [0.29, 0.717) is 0 Å². The second-order valence-electron chi connectivity index (χ2n) is 6.95. The molecule has 1 heteroatoms. The van der Waals surface area contributed by atoms with Gasteiger partial charge in [0.25, 0.3) is 0 Å². The third-order valence-corrected chi connectivity index (χ3v) is 4.80. The molecule has 0 aliphatic heterocycles. The van der Waals surface area contributed by atoms with Crippen LogP contribution in [-0.4, -0.2) is 0 Å². The van der Waals surface area contributed by atoms with E-state index in [1.54, 1.807) is 0 Å². The average Bonchev–Trinajstić information content (AvgIpc) is 2.58. The highest BCUT2D eigenvalue weighted by Crippen LogP contribution is 2.16. The van der Waals surface area contributed by atoms with Crippen molar-refractivity contribution < 1.29 is 0 Å². The lowest BCUT2D eigenvalue weighted by Gasteiger charge is -2.08. The Hall–Kier alpha value is -2.05. The van der Waals surface area contributed by atoms with E-state index in [4.69, 9.17) is 11.6 Å². The van der Waals surface area contributed by atoms with Crippen molar-refractivity contribution in [3.05, 3.63) is 105 Å². The third kappa shape index (κ3) is 5.47. The van der Waals surface area contributed by atoms with Gasteiger partial charge in [-0.15, -0.1) is 0 Å². The van der Waals surface area contributed by atoms with Crippen LogP contribution in [0, 0.1) is 13.8 Å². The lowest BCUT2D eigenvalue weighted by Crippen LogP contribution is -1.96. The quantitative estimate of drug-likeness (QED) is 0.475. The fourth-order valence-corrected chi connectivity index (χ4v) is 3.64. The zero-order valence-corrected chi connectivity index (χ0v) is 15.8. The molecule has 0 N–H and O–H groups in total. The number of aryl methyl sites for hydroxylation is 6. The summed E-state index contributed by atoms with van der Waals surface area (Å²) in [7, 11) is 0. The monoisotopic (exact) mass is 348 g/mol. The first-order chi connectivity index (χ1) is 12.1. The van der Waals surface area contributed by atoms with Gasteiger partial charge in [0.2, 0.25) is 0 Å². The van der Waals surface area contributed by atoms with Gasteiger partial charge in [-0.3, -0.25) is 0 Å². The van der Waals surface area contributed by atoms with Crippen molar-refractivity contribution in [3.63, 3.8) is 0 Å². The number of rotatable bonds is 6. The van der Waals surface area contributed by atoms with Gasteiger partial charge in [-0.05, 0) is 73.9 Å². The smallest absolute Gasteiger partial charge is 0.0408 e. The van der Waals surface area contributed by atoms with E-state index < -0.39 is 0 Å². The van der Waals surface area contributed by atoms with Gasteiger partial charge in [0.05, 0.1) is 0 Å². The molecule has 0 nitrogen and oxygen atoms in total. The Labute approximate surface area is 156 Å². The summed E-state index contributed by atoms with van der Waals surface area (Å²) in [4.78, 5) is 0. The van der Waals surface area contributed by atoms with Crippen LogP contribution < -0.4 is 0 Å². The zero-order valence-electron chi connectivity index (χ0n) is 15.1. The van der Waals surface area contributed by atoms with Gasteiger partial charge in [0.15, 0.2) is 0 Å². The molecule has 0 atom stereocenters. The van der Waals surface area contributed by atoms with Crippen LogP contribution in [0.3, 0.4) is 0 Å². The molecule has 0 radical (unpaired) electrons. The number of benzene rings is 3. The fraction of sp³-hybridized carbons (Fsp3) is 0.250. The molecule has 0 heterocycles. The Kier molecular flexibility index (Phi) is 5.94. The van der Waals surface area contributed by atoms with Crippen LogP contribution in [0.1, 0.15) is 33.4 Å². The Balaban J connectivity index is 1.61. The number of hydrogen-bond acceptors (Lipinski definition) is 0. The Morgan fingerprint density at radius 2 is 1.04 bits per heavy atom. The van der Waals surface area contributed by atoms with Gasteiger partial charge in [0.1, 0.15) is 0 Å². The highest BCUT2D eigenvalue weighted by molar-refractivity contribution is 6.30. The second kappa shape index (κ2) is 8.36. The molecule has 0 aliphatic carbocycles. The molecule has 25 heavy (non-hydrogen) atoms. The van der Waals surface area contributed by atoms with Crippen molar-refractivity contribution in [2.45, 2.75) is 39.5 Å². The third-order valence-electron chi connectivity index (χ3n) is 4.57. The largest absolute Gasteiger partial charge is 0.0843 e. The number of hydrogen-bond donors (Lipinski definition) is 0. The highest BCUT2D eigenvalue weighted by atomic mass is 35.5. The Morgan fingerprint density at radius 3 is 1.60 bits per heavy atom. The molecule has 0 amide bonds. The minimum Gasteiger partial charge on any atom is -0.0843 e. The summed E-state index contributed by atoms with van der Waals surface area (Å²) in [6.07, 6.45) is 4.27. The first-order valence-corrected chi connectivity index (χ1v) is 9.36. The van der Waals surface area contributed by atoms with Gasteiger partial charge in [-0.1, -0.05) is 77.3 Å². The summed E-state index contributed by atoms with van der Waals surface area (Å²) in [6.45, 7) is 4.35. The van der Waals surface area contributed by atoms with Crippen molar-refractivity contribution >= 4 is 11.6 Å². The SMILES string of the molecule is Cc1cc(C)cc(CCc2cccc(CCc3cccc(Cl)c3)c2)c1. The molecule has 128 valence electrons. The minimum atomic E-state index is 0.819. The number of halogens is 1. The highest BCUT2D eigenvalue weighted by Gasteiger charge is 2.01. The van der Waals surface area contributed by atoms with Crippen LogP contribution in [0.2, 0.25) is 5.02 Å². The van der Waals surface area contributed by atoms with Crippen LogP contribution in [-0.2, 0) is 25.7 Å². The lowest BCUT2D eigenvalue weighted by atomic mass is 9.98. The average molecular weight is 349 g/mol. The fourth-order valence-electron chi connectivity index (χ4n) is 3.42. The molecule has 0 saturated carbocycles. The van der Waals surface area contributed by atoms with Crippen LogP contribution in [0.25, 0.3) is 0 Å². The van der Waals surface area contributed by atoms with Crippen LogP contribution >= 0.6 is 11.6 Å². The van der Waals surface area contributed by atoms with Crippen molar-refractivity contribution in [2.75, 3.05) is 0 Å². The summed E-state index contributed by atoms with van der Waals surface area (Å²) in [5, 5.41) is 0.819. The summed E-state index contributed by atoms with van der Waals surface area (Å²) in [5.74, 6) is 0. The van der Waals surface area contributed by atoms with Gasteiger partial charge in [0, 0.05) is 5.02 Å². The van der Waals surface area contributed by atoms with Crippen molar-refractivity contribution in [1.29, 1.82) is 0 Å². The predicted molar refractivity (Wildman–Crippen MR) is 109 cm³/mol. The van der Waals surface area contributed by atoms with Crippen LogP contribution in [0.4, 0.5) is 0 Å². The minimum absolute atomic E-state index is 0.819. The van der Waals surface area contributed by atoms with E-state index in [-0.39, 0.29) is 0 Å². The lowest BCUT2D eigenvalue weighted by molar-refractivity contribution is 0.929. The van der Waals surface area contributed by atoms with E-state index in [2.05, 4.69) is 68.4 Å². The standard InChI is InChI=1S/C24H25Cl/c1-18-13-19(2)15-23(14-18)12-11-21-6-3-5-20(16-21)9-10-22-7-4-8-24(25)17-22/h3-8,13-17H,9-12H2,1-2H3. The second-order valence-corrected chi connectivity index (χ2v) is 7.38. The first kappa shape index (κ1) is 17.8. The van der Waals surface area contributed by atoms with E-state index >= 15 is 0 Å². The molecule has 0 spiro atoms. The van der Waals surface area contributed by atoms with Gasteiger partial charge >= 0.3 is 0 Å². The van der Waals surface area contributed by atoms with E-state index in [0.717, 1.165) is 30.7 Å². The van der Waals surface area contributed by atoms with Crippen molar-refractivity contribution in [1.82, 2.24) is 0 Å². The Bertz CT molecular complexity index is 828. The molecule has 0 unspecified atom stereocenters. The van der Waals surface area contributed by atoms with Gasteiger partial charge < -0.3 is 0 Å². The molecular weight excluding hydrogens is 324 g/mol. The van der Waals surface area contributed by atoms with Gasteiger partial charge in [-0.25, -0.2) is 0 Å². The van der Waals surface area contributed by atoms with Crippen molar-refractivity contribution in [2.24, 2.45) is 0 Å². The van der Waals surface area contributed by atoms with Crippen LogP contribution in [0.15, 0.2) is 66.7 Å². The normalized spacial score (nSPS) is 10.8. The maximum absolute atomic E-state index is 6.07. The van der Waals surface area contributed by atoms with E-state index in [1.807, 2.05) is 12.1 Å². The van der Waals surface area contributed by atoms with Gasteiger partial charge in [-0.2, -0.15) is 0 Å². The molecule has 3 aromatic carbocycles. The molecular formula is C24H25Cl. The summed E-state index contributed by atoms with van der Waals surface area (Å²) < 4.78 is 0. The maximum Gasteiger partial charge on any atom is 0.0408 e. The Morgan fingerprint density at radius 1 is 0.560 bits per heavy atom. The molecule has 3 rings (SSSR count). The summed E-state index contributed by atoms with van der Waals surface area (Å²) in [6, 6.07) is 24.0. The van der Waals surface area contributed by atoms with E-state index in [9.17, 15) is 0 Å². The molecule has 0 saturated heterocycles. The van der Waals surface area contributed by atoms with Crippen LogP contribution in [0.5, 0.6) is 0 Å². The molecule has 0 bridgehead atoms. The molecule has 0 fully saturated rings. The molecule has 0 aromatic heterocycles. The molecule has 0 aliphatic rings. The molecule has 3 aromatic rings. The maximum atomic E-state index is 6.07. The predicted octanol–water partition coefficient (Wildman–Crippen LogP) is 6.53. The summed E-state index contributed by atoms with van der Waals surface area (Å²) in [5.41, 5.74) is 8.26. The first-order valence-electron chi connectivity index (χ1n) is 8.98. The topological polar surface area (TPSA) is 0 Å². The summed E-state index contributed by atoms with van der Waals surface area (Å²) >= 11 is 6.07. The van der Waals surface area contributed by atoms with Crippen molar-refractivity contribution in [3.8, 4) is 0 Å². The van der Waals surface area contributed by atoms with E-state index in [1.165, 1.54) is 33.4 Å².